The monoisotopic (exact) mass is 469 g/mol. The van der Waals surface area contributed by atoms with Crippen molar-refractivity contribution >= 4 is 67.4 Å². The number of benzene rings is 1. The van der Waals surface area contributed by atoms with Gasteiger partial charge in [0.2, 0.25) is 0 Å². The van der Waals surface area contributed by atoms with Gasteiger partial charge in [0.05, 0.1) is 6.21 Å². The first-order chi connectivity index (χ1) is 8.74. The maximum absolute atomic E-state index is 9.35. The zero-order valence-corrected chi connectivity index (χ0v) is 15.9. The molecule has 0 heterocycles. The standard InChI is InChI=1S/C10H8ClNO2.4ClH.Sn/c1-2-5-14-12-7-8-6-9(11)3-4-10(8)13;;;;;/h1,3-4,6-7,13H,5H2;4*1H;/q;;;;;+4/p-4/b12-7+;;;;;. The molecule has 0 aliphatic rings. The Bertz CT molecular complexity index is 464. The molecule has 0 amide bonds. The molecule has 0 aliphatic heterocycles. The van der Waals surface area contributed by atoms with Crippen LogP contribution in [0.2, 0.25) is 5.02 Å². The van der Waals surface area contributed by atoms with Gasteiger partial charge in [0.25, 0.3) is 0 Å². The Balaban J connectivity index is 0.000000555. The van der Waals surface area contributed by atoms with Crippen molar-refractivity contribution in [1.29, 1.82) is 0 Å². The van der Waals surface area contributed by atoms with Gasteiger partial charge >= 0.3 is 49.6 Å². The molecule has 0 bridgehead atoms. The molecule has 0 unspecified atom stereocenters. The zero-order valence-electron chi connectivity index (χ0n) is 9.29. The average molecular weight is 470 g/mol. The third-order valence-corrected chi connectivity index (χ3v) is 1.64. The van der Waals surface area contributed by atoms with Crippen molar-refractivity contribution in [1.82, 2.24) is 0 Å². The van der Waals surface area contributed by atoms with E-state index in [-0.39, 0.29) is 12.4 Å². The molecular weight excluding hydrogens is 462 g/mol. The number of aromatic hydroxyl groups is 1. The second kappa shape index (κ2) is 10.1. The van der Waals surface area contributed by atoms with Crippen LogP contribution in [0.15, 0.2) is 23.4 Å². The molecule has 0 aliphatic carbocycles. The Morgan fingerprint density at radius 3 is 2.47 bits per heavy atom. The number of phenols is 1. The van der Waals surface area contributed by atoms with Crippen molar-refractivity contribution in [2.24, 2.45) is 5.16 Å². The molecule has 1 N–H and O–H groups in total. The predicted molar refractivity (Wildman–Crippen MR) is 84.7 cm³/mol. The van der Waals surface area contributed by atoms with E-state index in [1.54, 1.807) is 12.1 Å². The van der Waals surface area contributed by atoms with E-state index in [2.05, 4.69) is 15.9 Å². The van der Waals surface area contributed by atoms with E-state index in [1.807, 2.05) is 0 Å². The molecule has 3 nitrogen and oxygen atoms in total. The number of hydrogen-bond donors (Lipinski definition) is 1. The number of phenolic OH excluding ortho intramolecular Hbond substituents is 1. The fourth-order valence-electron chi connectivity index (χ4n) is 0.797. The van der Waals surface area contributed by atoms with Gasteiger partial charge in [-0.25, -0.2) is 0 Å². The van der Waals surface area contributed by atoms with Crippen LogP contribution in [-0.2, 0) is 4.84 Å². The van der Waals surface area contributed by atoms with Crippen LogP contribution in [0, 0.1) is 12.3 Å². The van der Waals surface area contributed by atoms with Gasteiger partial charge < -0.3 is 9.94 Å². The number of nitrogens with zero attached hydrogens (tertiary/aromatic N) is 1. The van der Waals surface area contributed by atoms with Crippen LogP contribution in [-0.4, -0.2) is 31.8 Å². The number of hydrogen-bond acceptors (Lipinski definition) is 3. The van der Waals surface area contributed by atoms with E-state index in [4.69, 9.17) is 53.7 Å². The molecule has 0 atom stereocenters. The Labute approximate surface area is 135 Å². The molecule has 0 spiro atoms. The van der Waals surface area contributed by atoms with Crippen molar-refractivity contribution < 1.29 is 9.94 Å². The average Bonchev–Trinajstić information content (AvgIpc) is 2.27. The molecule has 1 aromatic rings. The Morgan fingerprint density at radius 1 is 1.37 bits per heavy atom. The predicted octanol–water partition coefficient (Wildman–Crippen LogP) is 4.41. The Hall–Kier alpha value is 0.299. The molecule has 1 rings (SSSR count). The zero-order chi connectivity index (χ0) is 14.9. The third kappa shape index (κ3) is 13.1. The van der Waals surface area contributed by atoms with Gasteiger partial charge in [-0.2, -0.15) is 0 Å². The molecule has 9 heteroatoms. The molecule has 0 radical (unpaired) electrons. The van der Waals surface area contributed by atoms with Crippen LogP contribution in [0.1, 0.15) is 5.56 Å². The number of oxime groups is 1. The number of rotatable bonds is 3. The van der Waals surface area contributed by atoms with Gasteiger partial charge in [-0.3, -0.25) is 0 Å². The molecule has 0 saturated carbocycles. The van der Waals surface area contributed by atoms with Gasteiger partial charge in [0, 0.05) is 10.6 Å². The molecular formula is C10H8Cl5NO2Sn. The summed E-state index contributed by atoms with van der Waals surface area (Å²) in [5.74, 6) is 2.34. The van der Waals surface area contributed by atoms with Gasteiger partial charge in [-0.1, -0.05) is 22.7 Å². The topological polar surface area (TPSA) is 41.8 Å². The summed E-state index contributed by atoms with van der Waals surface area (Å²) in [4.78, 5) is 4.66. The van der Waals surface area contributed by atoms with Gasteiger partial charge in [-0.05, 0) is 18.2 Å². The summed E-state index contributed by atoms with van der Waals surface area (Å²) < 4.78 is 0. The van der Waals surface area contributed by atoms with Crippen molar-refractivity contribution in [2.45, 2.75) is 0 Å². The molecule has 0 fully saturated rings. The van der Waals surface area contributed by atoms with E-state index >= 15 is 0 Å². The van der Waals surface area contributed by atoms with Crippen LogP contribution in [0.5, 0.6) is 5.75 Å². The fourth-order valence-corrected chi connectivity index (χ4v) is 0.978. The van der Waals surface area contributed by atoms with Crippen molar-refractivity contribution in [3.05, 3.63) is 28.8 Å². The molecule has 19 heavy (non-hydrogen) atoms. The molecule has 104 valence electrons. The fraction of sp³-hybridized carbons (Fsp3) is 0.100. The third-order valence-electron chi connectivity index (χ3n) is 1.40. The first-order valence-corrected chi connectivity index (χ1v) is 19.4. The summed E-state index contributed by atoms with van der Waals surface area (Å²) >= 11 is 2.42. The van der Waals surface area contributed by atoms with Crippen LogP contribution < -0.4 is 0 Å². The van der Waals surface area contributed by atoms with Crippen LogP contribution in [0.4, 0.5) is 0 Å². The van der Waals surface area contributed by atoms with Crippen LogP contribution in [0.25, 0.3) is 0 Å². The van der Waals surface area contributed by atoms with E-state index < -0.39 is 13.9 Å². The van der Waals surface area contributed by atoms with Crippen LogP contribution in [0.3, 0.4) is 0 Å². The van der Waals surface area contributed by atoms with Gasteiger partial charge in [0.1, 0.15) is 5.75 Å². The van der Waals surface area contributed by atoms with E-state index in [1.165, 1.54) is 12.3 Å². The summed E-state index contributed by atoms with van der Waals surface area (Å²) in [6, 6.07) is 4.63. The van der Waals surface area contributed by atoms with Crippen molar-refractivity contribution in [3.63, 3.8) is 0 Å². The minimum atomic E-state index is -3.29. The Kier molecular flexibility index (Phi) is 10.2. The van der Waals surface area contributed by atoms with Gasteiger partial charge in [0.15, 0.2) is 6.61 Å². The molecule has 0 aromatic heterocycles. The summed E-state index contributed by atoms with van der Waals surface area (Å²) in [7, 11) is 20.1. The minimum absolute atomic E-state index is 0.0856. The second-order valence-electron chi connectivity index (χ2n) is 2.84. The van der Waals surface area contributed by atoms with E-state index in [0.29, 0.717) is 10.6 Å². The number of halogens is 5. The Morgan fingerprint density at radius 2 is 1.95 bits per heavy atom. The maximum atomic E-state index is 9.35. The summed E-state index contributed by atoms with van der Waals surface area (Å²) in [5, 5.41) is 13.4. The first kappa shape index (κ1) is 19.3. The van der Waals surface area contributed by atoms with Crippen molar-refractivity contribution in [3.8, 4) is 18.1 Å². The summed E-state index contributed by atoms with van der Waals surface area (Å²) in [6.45, 7) is 0.0951. The summed E-state index contributed by atoms with van der Waals surface area (Å²) in [6.07, 6.45) is 6.29. The first-order valence-electron chi connectivity index (χ1n) is 4.57. The number of terminal acetylenes is 1. The quantitative estimate of drug-likeness (QED) is 0.234. The molecule has 0 saturated heterocycles. The second-order valence-corrected chi connectivity index (χ2v) is 28.7. The van der Waals surface area contributed by atoms with Gasteiger partial charge in [-0.15, -0.1) is 6.42 Å². The van der Waals surface area contributed by atoms with E-state index in [0.717, 1.165) is 0 Å². The normalized spacial score (nSPS) is 10.5. The molecule has 1 aromatic carbocycles. The van der Waals surface area contributed by atoms with E-state index in [9.17, 15) is 5.11 Å². The SMILES string of the molecule is C#CCO/N=C/c1cc(Cl)ccc1O.[Cl][Sn]([Cl])([Cl])[Cl]. The van der Waals surface area contributed by atoms with Crippen LogP contribution >= 0.6 is 47.3 Å². The summed E-state index contributed by atoms with van der Waals surface area (Å²) in [5.41, 5.74) is 0.481. The van der Waals surface area contributed by atoms with Crippen molar-refractivity contribution in [2.75, 3.05) is 6.61 Å².